The molecule has 0 amide bonds. The van der Waals surface area contributed by atoms with Crippen LogP contribution in [0.3, 0.4) is 0 Å². The van der Waals surface area contributed by atoms with Crippen molar-refractivity contribution in [2.75, 3.05) is 39.1 Å². The number of thioether (sulfide) groups is 1. The summed E-state index contributed by atoms with van der Waals surface area (Å²) in [4.78, 5) is 7.59. The third-order valence-electron chi connectivity index (χ3n) is 6.29. The van der Waals surface area contributed by atoms with E-state index in [0.717, 1.165) is 71.0 Å². The Hall–Kier alpha value is -1.24. The molecule has 2 fully saturated rings. The summed E-state index contributed by atoms with van der Waals surface area (Å²) in [5.41, 5.74) is 1.40. The van der Waals surface area contributed by atoms with E-state index in [1.807, 2.05) is 11.8 Å². The minimum Gasteiger partial charge on any atom is -0.381 e. The zero-order chi connectivity index (χ0) is 20.5. The highest BCUT2D eigenvalue weighted by Crippen LogP contribution is 2.34. The topological polar surface area (TPSA) is 48.9 Å². The first kappa shape index (κ1) is 22.4. The smallest absolute Gasteiger partial charge is 0.191 e. The zero-order valence-electron chi connectivity index (χ0n) is 18.3. The van der Waals surface area contributed by atoms with Crippen LogP contribution in [0.1, 0.15) is 45.1 Å². The number of benzene rings is 1. The van der Waals surface area contributed by atoms with Gasteiger partial charge in [-0.3, -0.25) is 9.89 Å². The van der Waals surface area contributed by atoms with Gasteiger partial charge in [-0.05, 0) is 51.3 Å². The van der Waals surface area contributed by atoms with E-state index in [2.05, 4.69) is 66.0 Å². The molecule has 2 unspecified atom stereocenters. The normalized spacial score (nSPS) is 25.6. The lowest BCUT2D eigenvalue weighted by molar-refractivity contribution is 0.0794. The largest absolute Gasteiger partial charge is 0.381 e. The number of nitrogens with zero attached hydrogens (tertiary/aromatic N) is 2. The third kappa shape index (κ3) is 6.63. The third-order valence-corrected chi connectivity index (χ3v) is 7.69. The van der Waals surface area contributed by atoms with Gasteiger partial charge in [0.2, 0.25) is 0 Å². The lowest BCUT2D eigenvalue weighted by atomic mass is 9.97. The number of hydrogen-bond donors (Lipinski definition) is 2. The fourth-order valence-electron chi connectivity index (χ4n) is 4.31. The van der Waals surface area contributed by atoms with Crippen LogP contribution in [0.25, 0.3) is 0 Å². The van der Waals surface area contributed by atoms with Crippen LogP contribution in [0.4, 0.5) is 0 Å². The molecule has 162 valence electrons. The molecule has 0 radical (unpaired) electrons. The minimum absolute atomic E-state index is 0.229. The van der Waals surface area contributed by atoms with Gasteiger partial charge >= 0.3 is 0 Å². The fourth-order valence-corrected chi connectivity index (χ4v) is 5.08. The maximum atomic E-state index is 5.57. The lowest BCUT2D eigenvalue weighted by Gasteiger charge is -2.38. The number of aliphatic imine (C=N–C) groups is 1. The Balaban J connectivity index is 1.54. The first-order valence-corrected chi connectivity index (χ1v) is 12.3. The highest BCUT2D eigenvalue weighted by molar-refractivity contribution is 8.00. The second-order valence-corrected chi connectivity index (χ2v) is 9.64. The summed E-state index contributed by atoms with van der Waals surface area (Å²) >= 11 is 1.95. The van der Waals surface area contributed by atoms with E-state index >= 15 is 0 Å². The first-order chi connectivity index (χ1) is 14.1. The summed E-state index contributed by atoms with van der Waals surface area (Å²) in [6.07, 6.45) is 6.70. The second kappa shape index (κ2) is 11.2. The molecule has 29 heavy (non-hydrogen) atoms. The average molecular weight is 419 g/mol. The van der Waals surface area contributed by atoms with Gasteiger partial charge in [0.05, 0.1) is 6.54 Å². The highest BCUT2D eigenvalue weighted by atomic mass is 32.2. The van der Waals surface area contributed by atoms with Gasteiger partial charge in [-0.15, -0.1) is 0 Å². The zero-order valence-corrected chi connectivity index (χ0v) is 19.1. The van der Waals surface area contributed by atoms with Crippen LogP contribution in [-0.4, -0.2) is 66.8 Å². The maximum Gasteiger partial charge on any atom is 0.191 e. The summed E-state index contributed by atoms with van der Waals surface area (Å²) in [7, 11) is 0. The maximum absolute atomic E-state index is 5.57. The molecule has 6 heteroatoms. The van der Waals surface area contributed by atoms with Crippen LogP contribution in [0.15, 0.2) is 35.3 Å². The van der Waals surface area contributed by atoms with E-state index in [1.165, 1.54) is 5.56 Å². The highest BCUT2D eigenvalue weighted by Gasteiger charge is 2.32. The average Bonchev–Trinajstić information content (AvgIpc) is 2.75. The Bertz CT molecular complexity index is 633. The summed E-state index contributed by atoms with van der Waals surface area (Å²) in [6.45, 7) is 10.1. The predicted molar refractivity (Wildman–Crippen MR) is 125 cm³/mol. The SMILES string of the molecule is CCNC(=NCC1(SC)CCOCC1)NC1CCN(Cc2ccccc2)C(C)C1. The number of nitrogens with one attached hydrogen (secondary N) is 2. The molecule has 0 spiro atoms. The van der Waals surface area contributed by atoms with Crippen LogP contribution in [0.5, 0.6) is 0 Å². The number of piperidine rings is 1. The van der Waals surface area contributed by atoms with Crippen molar-refractivity contribution in [2.24, 2.45) is 4.99 Å². The van der Waals surface area contributed by atoms with Gasteiger partial charge in [0.1, 0.15) is 0 Å². The number of likely N-dealkylation sites (tertiary alicyclic amines) is 1. The van der Waals surface area contributed by atoms with Crippen molar-refractivity contribution in [3.05, 3.63) is 35.9 Å². The van der Waals surface area contributed by atoms with Gasteiger partial charge in [-0.25, -0.2) is 0 Å². The molecule has 0 aromatic heterocycles. The van der Waals surface area contributed by atoms with Crippen molar-refractivity contribution in [1.82, 2.24) is 15.5 Å². The van der Waals surface area contributed by atoms with E-state index in [1.54, 1.807) is 0 Å². The quantitative estimate of drug-likeness (QED) is 0.524. The van der Waals surface area contributed by atoms with Crippen LogP contribution >= 0.6 is 11.8 Å². The van der Waals surface area contributed by atoms with Gasteiger partial charge < -0.3 is 15.4 Å². The summed E-state index contributed by atoms with van der Waals surface area (Å²) < 4.78 is 5.80. The Morgan fingerprint density at radius 3 is 2.69 bits per heavy atom. The van der Waals surface area contributed by atoms with Gasteiger partial charge in [0.25, 0.3) is 0 Å². The standard InChI is InChI=1S/C23H38N4OS/c1-4-24-22(25-18-23(29-3)11-14-28-15-12-23)26-21-10-13-27(19(2)16-21)17-20-8-6-5-7-9-20/h5-9,19,21H,4,10-18H2,1-3H3,(H2,24,25,26). The monoisotopic (exact) mass is 418 g/mol. The van der Waals surface area contributed by atoms with Gasteiger partial charge in [0.15, 0.2) is 5.96 Å². The Kier molecular flexibility index (Phi) is 8.69. The van der Waals surface area contributed by atoms with E-state index < -0.39 is 0 Å². The van der Waals surface area contributed by atoms with Crippen molar-refractivity contribution in [2.45, 2.75) is 62.9 Å². The molecular weight excluding hydrogens is 380 g/mol. The number of ether oxygens (including phenoxy) is 1. The van der Waals surface area contributed by atoms with E-state index in [-0.39, 0.29) is 4.75 Å². The summed E-state index contributed by atoms with van der Waals surface area (Å²) in [6, 6.07) is 11.9. The molecule has 2 aliphatic heterocycles. The van der Waals surface area contributed by atoms with E-state index in [4.69, 9.17) is 9.73 Å². The molecule has 2 N–H and O–H groups in total. The lowest BCUT2D eigenvalue weighted by Crippen LogP contribution is -2.51. The molecule has 5 nitrogen and oxygen atoms in total. The summed E-state index contributed by atoms with van der Waals surface area (Å²) in [5.74, 6) is 0.973. The van der Waals surface area contributed by atoms with Crippen molar-refractivity contribution < 1.29 is 4.74 Å². The number of guanidine groups is 1. The fraction of sp³-hybridized carbons (Fsp3) is 0.696. The second-order valence-electron chi connectivity index (χ2n) is 8.37. The van der Waals surface area contributed by atoms with Crippen molar-refractivity contribution >= 4 is 17.7 Å². The van der Waals surface area contributed by atoms with Crippen molar-refractivity contribution in [1.29, 1.82) is 0 Å². The van der Waals surface area contributed by atoms with Crippen molar-refractivity contribution in [3.63, 3.8) is 0 Å². The summed E-state index contributed by atoms with van der Waals surface area (Å²) in [5, 5.41) is 7.19. The van der Waals surface area contributed by atoms with E-state index in [9.17, 15) is 0 Å². The van der Waals surface area contributed by atoms with E-state index in [0.29, 0.717) is 12.1 Å². The molecule has 2 aliphatic rings. The van der Waals surface area contributed by atoms with Crippen LogP contribution in [0, 0.1) is 0 Å². The molecule has 1 aromatic carbocycles. The number of rotatable bonds is 7. The Labute approximate surface area is 181 Å². The van der Waals surface area contributed by atoms with Gasteiger partial charge in [-0.1, -0.05) is 30.3 Å². The van der Waals surface area contributed by atoms with Crippen LogP contribution in [-0.2, 0) is 11.3 Å². The molecule has 0 bridgehead atoms. The number of hydrogen-bond acceptors (Lipinski definition) is 4. The molecule has 0 aliphatic carbocycles. The van der Waals surface area contributed by atoms with Crippen LogP contribution in [0.2, 0.25) is 0 Å². The molecule has 3 rings (SSSR count). The Morgan fingerprint density at radius 1 is 1.28 bits per heavy atom. The molecule has 1 aromatic rings. The molecule has 2 heterocycles. The molecular formula is C23H38N4OS. The molecule has 0 saturated carbocycles. The predicted octanol–water partition coefficient (Wildman–Crippen LogP) is 3.51. The minimum atomic E-state index is 0.229. The van der Waals surface area contributed by atoms with Gasteiger partial charge in [0, 0.05) is 49.7 Å². The van der Waals surface area contributed by atoms with Crippen LogP contribution < -0.4 is 10.6 Å². The van der Waals surface area contributed by atoms with Crippen molar-refractivity contribution in [3.8, 4) is 0 Å². The Morgan fingerprint density at radius 2 is 2.03 bits per heavy atom. The first-order valence-electron chi connectivity index (χ1n) is 11.1. The molecule has 2 saturated heterocycles. The molecule has 2 atom stereocenters. The van der Waals surface area contributed by atoms with Gasteiger partial charge in [-0.2, -0.15) is 11.8 Å².